The van der Waals surface area contributed by atoms with E-state index in [-0.39, 0.29) is 5.91 Å². The Morgan fingerprint density at radius 3 is 2.79 bits per heavy atom. The summed E-state index contributed by atoms with van der Waals surface area (Å²) in [7, 11) is 0. The largest absolute Gasteiger partial charge is 0.380 e. The van der Waals surface area contributed by atoms with Crippen LogP contribution in [0.4, 0.5) is 0 Å². The first kappa shape index (κ1) is 13.5. The van der Waals surface area contributed by atoms with Gasteiger partial charge in [0.1, 0.15) is 0 Å². The maximum absolute atomic E-state index is 11.1. The molecule has 0 bridgehead atoms. The molecule has 0 fully saturated rings. The van der Waals surface area contributed by atoms with E-state index in [9.17, 15) is 4.79 Å². The first-order valence-corrected chi connectivity index (χ1v) is 5.07. The molecule has 0 aromatic carbocycles. The molecule has 2 N–H and O–H groups in total. The summed E-state index contributed by atoms with van der Waals surface area (Å²) < 4.78 is 5.12. The van der Waals surface area contributed by atoms with Crippen LogP contribution >= 0.6 is 12.6 Å². The van der Waals surface area contributed by atoms with Crippen LogP contribution in [0.5, 0.6) is 0 Å². The average Bonchev–Trinajstić information content (AvgIpc) is 2.10. The fourth-order valence-corrected chi connectivity index (χ4v) is 0.964. The average molecular weight is 218 g/mol. The van der Waals surface area contributed by atoms with Crippen molar-refractivity contribution >= 4 is 18.5 Å². The first-order chi connectivity index (χ1) is 6.66. The summed E-state index contributed by atoms with van der Waals surface area (Å²) in [6.45, 7) is 8.21. The molecule has 0 spiro atoms. The smallest absolute Gasteiger partial charge is 0.226 e. The maximum Gasteiger partial charge on any atom is 0.226 e. The maximum atomic E-state index is 11.1. The highest BCUT2D eigenvalue weighted by Gasteiger charge is 1.99. The number of hydrogen-bond donors (Lipinski definition) is 3. The van der Waals surface area contributed by atoms with Gasteiger partial charge in [0, 0.05) is 26.1 Å². The van der Waals surface area contributed by atoms with Gasteiger partial charge < -0.3 is 15.4 Å². The second-order valence-corrected chi connectivity index (χ2v) is 3.23. The van der Waals surface area contributed by atoms with E-state index in [0.717, 1.165) is 13.2 Å². The zero-order valence-electron chi connectivity index (χ0n) is 8.51. The predicted octanol–water partition coefficient (Wildman–Crippen LogP) is 0.520. The van der Waals surface area contributed by atoms with Gasteiger partial charge in [-0.25, -0.2) is 0 Å². The molecule has 0 saturated heterocycles. The Labute approximate surface area is 90.5 Å². The molecule has 0 unspecified atom stereocenters. The van der Waals surface area contributed by atoms with Crippen molar-refractivity contribution in [3.63, 3.8) is 0 Å². The van der Waals surface area contributed by atoms with Crippen LogP contribution in [-0.2, 0) is 9.53 Å². The molecule has 0 saturated carbocycles. The number of nitrogens with one attached hydrogen (secondary N) is 2. The number of hydrogen-bond acceptors (Lipinski definition) is 4. The van der Waals surface area contributed by atoms with E-state index < -0.39 is 0 Å². The summed E-state index contributed by atoms with van der Waals surface area (Å²) in [5.41, 5.74) is 0. The normalized spacial score (nSPS) is 9.86. The van der Waals surface area contributed by atoms with Gasteiger partial charge >= 0.3 is 0 Å². The number of carbonyl (C=O) groups is 1. The van der Waals surface area contributed by atoms with E-state index in [2.05, 4.69) is 29.8 Å². The highest BCUT2D eigenvalue weighted by atomic mass is 32.1. The lowest BCUT2D eigenvalue weighted by atomic mass is 10.4. The van der Waals surface area contributed by atoms with Gasteiger partial charge in [0.2, 0.25) is 5.91 Å². The van der Waals surface area contributed by atoms with Gasteiger partial charge in [0.25, 0.3) is 0 Å². The molecule has 0 aromatic rings. The van der Waals surface area contributed by atoms with Crippen LogP contribution in [0.2, 0.25) is 0 Å². The van der Waals surface area contributed by atoms with Crippen LogP contribution in [-0.4, -0.2) is 32.2 Å². The van der Waals surface area contributed by atoms with Gasteiger partial charge in [-0.3, -0.25) is 4.79 Å². The van der Waals surface area contributed by atoms with E-state index in [1.54, 1.807) is 0 Å². The monoisotopic (exact) mass is 218 g/mol. The van der Waals surface area contributed by atoms with Gasteiger partial charge in [-0.05, 0) is 6.92 Å². The third-order valence-corrected chi connectivity index (χ3v) is 1.55. The minimum absolute atomic E-state index is 0.0751. The molecule has 0 aliphatic rings. The van der Waals surface area contributed by atoms with Crippen molar-refractivity contribution in [2.75, 3.05) is 26.3 Å². The van der Waals surface area contributed by atoms with Gasteiger partial charge in [-0.15, -0.1) is 12.6 Å². The predicted molar refractivity (Wildman–Crippen MR) is 60.2 cm³/mol. The third-order valence-electron chi connectivity index (χ3n) is 1.44. The quantitative estimate of drug-likeness (QED) is 0.411. The van der Waals surface area contributed by atoms with Crippen molar-refractivity contribution in [2.45, 2.75) is 13.3 Å². The lowest BCUT2D eigenvalue weighted by Crippen LogP contribution is -2.27. The second-order valence-electron chi connectivity index (χ2n) is 2.69. The van der Waals surface area contributed by atoms with Gasteiger partial charge in [0.05, 0.1) is 11.6 Å². The molecule has 82 valence electrons. The fraction of sp³-hybridized carbons (Fsp3) is 0.667. The first-order valence-electron chi connectivity index (χ1n) is 4.63. The van der Waals surface area contributed by atoms with Crippen molar-refractivity contribution in [3.05, 3.63) is 11.6 Å². The summed E-state index contributed by atoms with van der Waals surface area (Å²) in [5.74, 6) is -0.0751. The molecule has 0 atom stereocenters. The molecule has 5 heteroatoms. The van der Waals surface area contributed by atoms with Crippen LogP contribution in [0.25, 0.3) is 0 Å². The standard InChI is InChI=1S/C9H18N2O2S/c1-3-13-7-6-10-5-4-9(12)11-8(2)14/h10,14H,2-7H2,1H3,(H,11,12). The van der Waals surface area contributed by atoms with Gasteiger partial charge in [0.15, 0.2) is 0 Å². The summed E-state index contributed by atoms with van der Waals surface area (Å²) >= 11 is 3.86. The number of amides is 1. The van der Waals surface area contributed by atoms with E-state index in [4.69, 9.17) is 4.74 Å². The fourth-order valence-electron chi connectivity index (χ4n) is 0.839. The molecular formula is C9H18N2O2S. The molecule has 0 rings (SSSR count). The summed E-state index contributed by atoms with van der Waals surface area (Å²) in [6.07, 6.45) is 0.422. The Balaban J connectivity index is 3.19. The van der Waals surface area contributed by atoms with Crippen molar-refractivity contribution < 1.29 is 9.53 Å². The lowest BCUT2D eigenvalue weighted by Gasteiger charge is -2.05. The summed E-state index contributed by atoms with van der Waals surface area (Å²) in [5, 5.41) is 5.97. The third kappa shape index (κ3) is 9.57. The Morgan fingerprint density at radius 1 is 1.50 bits per heavy atom. The molecule has 0 aliphatic carbocycles. The topological polar surface area (TPSA) is 50.4 Å². The van der Waals surface area contributed by atoms with E-state index in [1.807, 2.05) is 6.92 Å². The number of rotatable bonds is 8. The molecule has 14 heavy (non-hydrogen) atoms. The number of thiol groups is 1. The minimum Gasteiger partial charge on any atom is -0.380 e. The molecule has 0 heterocycles. The van der Waals surface area contributed by atoms with E-state index in [0.29, 0.717) is 24.6 Å². The van der Waals surface area contributed by atoms with Gasteiger partial charge in [-0.1, -0.05) is 6.58 Å². The summed E-state index contributed by atoms with van der Waals surface area (Å²) in [6, 6.07) is 0. The SMILES string of the molecule is C=C(S)NC(=O)CCNCCOCC. The minimum atomic E-state index is -0.0751. The van der Waals surface area contributed by atoms with E-state index >= 15 is 0 Å². The van der Waals surface area contributed by atoms with E-state index in [1.165, 1.54) is 0 Å². The summed E-state index contributed by atoms with van der Waals surface area (Å²) in [4.78, 5) is 11.1. The highest BCUT2D eigenvalue weighted by molar-refractivity contribution is 7.84. The zero-order chi connectivity index (χ0) is 10.8. The molecule has 1 amide bonds. The van der Waals surface area contributed by atoms with Crippen molar-refractivity contribution in [1.82, 2.24) is 10.6 Å². The zero-order valence-corrected chi connectivity index (χ0v) is 9.40. The number of carbonyl (C=O) groups excluding carboxylic acids is 1. The van der Waals surface area contributed by atoms with Crippen LogP contribution in [0.1, 0.15) is 13.3 Å². The number of ether oxygens (including phenoxy) is 1. The van der Waals surface area contributed by atoms with Crippen LogP contribution < -0.4 is 10.6 Å². The van der Waals surface area contributed by atoms with Crippen LogP contribution in [0, 0.1) is 0 Å². The molecule has 0 aromatic heterocycles. The Kier molecular flexibility index (Phi) is 8.72. The van der Waals surface area contributed by atoms with Gasteiger partial charge in [-0.2, -0.15) is 0 Å². The van der Waals surface area contributed by atoms with Crippen molar-refractivity contribution in [1.29, 1.82) is 0 Å². The second kappa shape index (κ2) is 9.05. The Morgan fingerprint density at radius 2 is 2.21 bits per heavy atom. The van der Waals surface area contributed by atoms with Crippen LogP contribution in [0.3, 0.4) is 0 Å². The highest BCUT2D eigenvalue weighted by Crippen LogP contribution is 1.89. The van der Waals surface area contributed by atoms with Crippen molar-refractivity contribution in [3.8, 4) is 0 Å². The Bertz CT molecular complexity index is 186. The molecule has 0 aliphatic heterocycles. The molecular weight excluding hydrogens is 200 g/mol. The van der Waals surface area contributed by atoms with Crippen LogP contribution in [0.15, 0.2) is 11.6 Å². The molecule has 0 radical (unpaired) electrons. The lowest BCUT2D eigenvalue weighted by molar-refractivity contribution is -0.120. The molecule has 4 nitrogen and oxygen atoms in total. The van der Waals surface area contributed by atoms with Crippen molar-refractivity contribution in [2.24, 2.45) is 0 Å². The Hall–Kier alpha value is -0.520.